The number of nitrogens with zero attached hydrogens (tertiary/aromatic N) is 11. The summed E-state index contributed by atoms with van der Waals surface area (Å²) in [7, 11) is 0. The van der Waals surface area contributed by atoms with E-state index in [1.54, 1.807) is 27.2 Å². The Labute approximate surface area is 431 Å². The molecule has 384 valence electrons. The third-order valence-electron chi connectivity index (χ3n) is 12.1. The fourth-order valence-corrected chi connectivity index (χ4v) is 8.70. The van der Waals surface area contributed by atoms with Gasteiger partial charge in [-0.2, -0.15) is 49.1 Å². The Morgan fingerprint density at radius 3 is 1.34 bits per heavy atom. The summed E-state index contributed by atoms with van der Waals surface area (Å²) in [4.78, 5) is 38.2. The molecule has 0 aliphatic rings. The average molecular weight is 1020 g/mol. The van der Waals surface area contributed by atoms with E-state index in [-0.39, 0.29) is 30.0 Å². The molecule has 3 aromatic carbocycles. The summed E-state index contributed by atoms with van der Waals surface area (Å²) in [5.41, 5.74) is 45.3. The second-order valence-corrected chi connectivity index (χ2v) is 17.9. The molecule has 0 atom stereocenters. The molecule has 0 aliphatic carbocycles. The number of nitrogens with one attached hydrogen (secondary N) is 1. The van der Waals surface area contributed by atoms with Crippen LogP contribution in [0.3, 0.4) is 0 Å². The number of benzene rings is 3. The van der Waals surface area contributed by atoms with E-state index in [1.807, 2.05) is 119 Å². The summed E-state index contributed by atoms with van der Waals surface area (Å²) in [6.07, 6.45) is 1.55. The van der Waals surface area contributed by atoms with E-state index < -0.39 is 0 Å². The van der Waals surface area contributed by atoms with Gasteiger partial charge >= 0.3 is 0 Å². The zero-order valence-electron chi connectivity index (χ0n) is 41.7. The first-order valence-electron chi connectivity index (χ1n) is 23.7. The minimum Gasteiger partial charge on any atom is -0.458 e. The monoisotopic (exact) mass is 1020 g/mol. The van der Waals surface area contributed by atoms with Crippen molar-refractivity contribution in [2.75, 3.05) is 34.4 Å². The fraction of sp³-hybridized carbons (Fsp3) is 0.151. The molecule has 9 heterocycles. The van der Waals surface area contributed by atoms with Crippen LogP contribution in [0.5, 0.6) is 0 Å². The maximum atomic E-state index is 12.5. The van der Waals surface area contributed by atoms with Gasteiger partial charge in [-0.1, -0.05) is 36.4 Å². The first kappa shape index (κ1) is 49.3. The van der Waals surface area contributed by atoms with Crippen molar-refractivity contribution in [2.45, 2.75) is 53.6 Å². The molecule has 0 saturated carbocycles. The molecule has 12 aromatic rings. The number of hydrogen-bond acceptors (Lipinski definition) is 19. The number of nitrogens with two attached hydrogens (primary N) is 6. The van der Waals surface area contributed by atoms with Crippen molar-refractivity contribution in [1.82, 2.24) is 58.7 Å². The van der Waals surface area contributed by atoms with Gasteiger partial charge in [-0.05, 0) is 117 Å². The van der Waals surface area contributed by atoms with Gasteiger partial charge in [0.25, 0.3) is 5.56 Å². The van der Waals surface area contributed by atoms with Crippen molar-refractivity contribution in [2.24, 2.45) is 0 Å². The van der Waals surface area contributed by atoms with Gasteiger partial charge in [-0.15, -0.1) is 0 Å². The number of hydrogen-bond donors (Lipinski definition) is 8. The van der Waals surface area contributed by atoms with Crippen molar-refractivity contribution in [3.63, 3.8) is 0 Å². The van der Waals surface area contributed by atoms with E-state index in [2.05, 4.69) is 45.2 Å². The van der Waals surface area contributed by atoms with Crippen LogP contribution in [0.4, 0.5) is 34.9 Å². The standard InChI is InChI=1S/C18H18N6O2.C18H18N6O.C17H16N6O2/c1-10-5-6-15(26-10)17-22-18(20)21-16-13(14(9-25)23-24(16)17)8-11-3-2-4-12(19)7-11;1-10-6-7-15(25-10)17-22-18(20)21-16-14(11(2)23-24(16)17)9-12-4-3-5-13(19)8-12;1-9-5-6-13(25-9)15-21-17(19)20-14-12(16(24)22-23(14)15)8-10-3-2-4-11(18)7-10/h2-7,25H,8-9,19H2,1H3,(H2,20,21);3-8H,9,19H2,1-2H3,(H2,20,21);2-7H,8,18H2,1H3,(H2,19,20)(H,22,24). The summed E-state index contributed by atoms with van der Waals surface area (Å²) in [5.74, 6) is 5.65. The Balaban J connectivity index is 0.000000130. The van der Waals surface area contributed by atoms with Crippen LogP contribution >= 0.6 is 0 Å². The van der Waals surface area contributed by atoms with E-state index in [0.717, 1.165) is 56.5 Å². The normalized spacial score (nSPS) is 11.3. The largest absolute Gasteiger partial charge is 0.458 e. The molecule has 0 bridgehead atoms. The lowest BCUT2D eigenvalue weighted by molar-refractivity contribution is 0.275. The topological polar surface area (TPSA) is 365 Å². The number of aliphatic hydroxyl groups is 1. The number of aryl methyl sites for hydroxylation is 4. The minimum absolute atomic E-state index is 0.0666. The van der Waals surface area contributed by atoms with Crippen LogP contribution in [0.25, 0.3) is 51.7 Å². The summed E-state index contributed by atoms with van der Waals surface area (Å²) < 4.78 is 21.7. The summed E-state index contributed by atoms with van der Waals surface area (Å²) in [6, 6.07) is 33.6. The second-order valence-electron chi connectivity index (χ2n) is 17.9. The van der Waals surface area contributed by atoms with E-state index in [0.29, 0.717) is 93.6 Å². The SMILES string of the molecule is Cc1ccc(-c2nc(N)nc3c(Cc4cccc(N)c4)c(=O)[nH]n23)o1.Cc1ccc(-c2nc(N)nc3c(Cc4cccc(N)c4)c(C)nn23)o1.Cc1ccc(-c2nc(N)nc3c(Cc4cccc(N)c4)c(CO)nn23)o1. The molecule has 23 heteroatoms. The number of aromatic nitrogens is 12. The van der Waals surface area contributed by atoms with Gasteiger partial charge in [-0.3, -0.25) is 9.89 Å². The van der Waals surface area contributed by atoms with E-state index in [4.69, 9.17) is 47.7 Å². The zero-order chi connectivity index (χ0) is 53.4. The summed E-state index contributed by atoms with van der Waals surface area (Å²) >= 11 is 0. The molecule has 76 heavy (non-hydrogen) atoms. The van der Waals surface area contributed by atoms with Crippen molar-refractivity contribution in [3.8, 4) is 34.8 Å². The van der Waals surface area contributed by atoms with Gasteiger partial charge in [0, 0.05) is 47.5 Å². The molecule has 9 aromatic heterocycles. The van der Waals surface area contributed by atoms with Crippen LogP contribution in [0.1, 0.15) is 62.0 Å². The molecule has 0 radical (unpaired) electrons. The third kappa shape index (κ3) is 10.2. The molecular weight excluding hydrogens is 969 g/mol. The van der Waals surface area contributed by atoms with Crippen LogP contribution in [0, 0.1) is 27.7 Å². The molecule has 0 amide bonds. The zero-order valence-corrected chi connectivity index (χ0v) is 41.7. The van der Waals surface area contributed by atoms with Gasteiger partial charge in [-0.25, -0.2) is 4.52 Å². The number of aromatic amines is 1. The average Bonchev–Trinajstić information content (AvgIpc) is 4.27. The first-order chi connectivity index (χ1) is 36.6. The Bertz CT molecular complexity index is 4160. The molecule has 0 spiro atoms. The van der Waals surface area contributed by atoms with Crippen molar-refractivity contribution in [1.29, 1.82) is 0 Å². The number of fused-ring (bicyclic) bond motifs is 3. The molecule has 23 nitrogen and oxygen atoms in total. The van der Waals surface area contributed by atoms with Gasteiger partial charge in [0.15, 0.2) is 34.2 Å². The predicted molar refractivity (Wildman–Crippen MR) is 287 cm³/mol. The summed E-state index contributed by atoms with van der Waals surface area (Å²) in [6.45, 7) is 7.28. The van der Waals surface area contributed by atoms with Crippen LogP contribution in [-0.4, -0.2) is 63.9 Å². The van der Waals surface area contributed by atoms with Gasteiger partial charge in [0.1, 0.15) is 17.3 Å². The van der Waals surface area contributed by atoms with Gasteiger partial charge < -0.3 is 52.8 Å². The smallest absolute Gasteiger partial charge is 0.270 e. The van der Waals surface area contributed by atoms with Crippen LogP contribution in [-0.2, 0) is 25.9 Å². The lowest BCUT2D eigenvalue weighted by Gasteiger charge is -2.05. The lowest BCUT2D eigenvalue weighted by Crippen LogP contribution is -2.07. The fourth-order valence-electron chi connectivity index (χ4n) is 8.70. The number of nitrogen functional groups attached to an aromatic ring is 6. The molecule has 0 saturated heterocycles. The van der Waals surface area contributed by atoms with Crippen molar-refractivity contribution < 1.29 is 18.4 Å². The summed E-state index contributed by atoms with van der Waals surface area (Å²) in [5, 5.41) is 21.6. The van der Waals surface area contributed by atoms with Crippen LogP contribution < -0.4 is 40.0 Å². The van der Waals surface area contributed by atoms with E-state index in [9.17, 15) is 9.90 Å². The molecule has 0 unspecified atom stereocenters. The minimum atomic E-state index is -0.258. The number of anilines is 6. The third-order valence-corrected chi connectivity index (χ3v) is 12.1. The lowest BCUT2D eigenvalue weighted by atomic mass is 10.0. The highest BCUT2D eigenvalue weighted by molar-refractivity contribution is 5.64. The molecule has 0 aliphatic heterocycles. The van der Waals surface area contributed by atoms with Gasteiger partial charge in [0.05, 0.1) is 23.6 Å². The number of aliphatic hydroxyl groups excluding tert-OH is 1. The molecular formula is C53H52N18O5. The Hall–Kier alpha value is -10.3. The van der Waals surface area contributed by atoms with Crippen LogP contribution in [0.15, 0.2) is 127 Å². The maximum absolute atomic E-state index is 12.5. The Kier molecular flexibility index (Phi) is 13.2. The van der Waals surface area contributed by atoms with Crippen molar-refractivity contribution in [3.05, 3.63) is 182 Å². The molecule has 0 fully saturated rings. The quantitative estimate of drug-likeness (QED) is 0.0683. The highest BCUT2D eigenvalue weighted by Crippen LogP contribution is 2.29. The Morgan fingerprint density at radius 1 is 0.487 bits per heavy atom. The number of rotatable bonds is 10. The van der Waals surface area contributed by atoms with Gasteiger partial charge in [0.2, 0.25) is 35.3 Å². The first-order valence-corrected chi connectivity index (χ1v) is 23.7. The predicted octanol–water partition coefficient (Wildman–Crippen LogP) is 6.44. The highest BCUT2D eigenvalue weighted by Gasteiger charge is 2.23. The van der Waals surface area contributed by atoms with Crippen molar-refractivity contribution >= 4 is 51.8 Å². The number of furan rings is 3. The number of H-pyrrole nitrogens is 1. The Morgan fingerprint density at radius 2 is 0.895 bits per heavy atom. The van der Waals surface area contributed by atoms with E-state index in [1.165, 1.54) is 4.52 Å². The molecule has 12 rings (SSSR count). The highest BCUT2D eigenvalue weighted by atomic mass is 16.3. The van der Waals surface area contributed by atoms with Crippen LogP contribution in [0.2, 0.25) is 0 Å². The second kappa shape index (κ2) is 20.3. The molecule has 14 N–H and O–H groups in total. The van der Waals surface area contributed by atoms with E-state index >= 15 is 0 Å². The maximum Gasteiger partial charge on any atom is 0.270 e.